The van der Waals surface area contributed by atoms with Crippen molar-refractivity contribution in [2.75, 3.05) is 10.0 Å². The van der Waals surface area contributed by atoms with E-state index in [1.165, 1.54) is 24.3 Å². The molecule has 1 amide bonds. The van der Waals surface area contributed by atoms with Crippen LogP contribution in [0.5, 0.6) is 0 Å². The van der Waals surface area contributed by atoms with E-state index in [1.54, 1.807) is 30.3 Å². The zero-order valence-electron chi connectivity index (χ0n) is 16.9. The number of para-hydroxylation sites is 3. The minimum absolute atomic E-state index is 0.0751. The van der Waals surface area contributed by atoms with Crippen LogP contribution in [0.4, 0.5) is 11.6 Å². The molecule has 8 heteroatoms. The molecule has 4 aromatic rings. The summed E-state index contributed by atoms with van der Waals surface area (Å²) in [6, 6.07) is 22.1. The Morgan fingerprint density at radius 1 is 0.935 bits per heavy atom. The van der Waals surface area contributed by atoms with Crippen LogP contribution in [0.3, 0.4) is 0 Å². The van der Waals surface area contributed by atoms with Crippen molar-refractivity contribution < 1.29 is 13.2 Å². The van der Waals surface area contributed by atoms with Crippen molar-refractivity contribution in [3.05, 3.63) is 84.4 Å². The SMILES string of the molecule is CCCn1c(NC(=O)c2ccc(S(=O)(=O)Nc3ccccc3)cc2)nc2ccccc21. The standard InChI is InChI=1S/C23H22N4O3S/c1-2-16-27-21-11-7-6-10-20(21)24-23(27)25-22(28)17-12-14-19(15-13-17)31(29,30)26-18-8-4-3-5-9-18/h3-15,26H,2,16H2,1H3,(H,24,25,28). The van der Waals surface area contributed by atoms with E-state index >= 15 is 0 Å². The van der Waals surface area contributed by atoms with Gasteiger partial charge >= 0.3 is 0 Å². The second kappa shape index (κ2) is 8.61. The fraction of sp³-hybridized carbons (Fsp3) is 0.130. The molecule has 31 heavy (non-hydrogen) atoms. The lowest BCUT2D eigenvalue weighted by molar-refractivity contribution is 0.102. The average molecular weight is 435 g/mol. The molecule has 0 fully saturated rings. The molecule has 2 N–H and O–H groups in total. The normalized spacial score (nSPS) is 11.4. The van der Waals surface area contributed by atoms with Gasteiger partial charge in [0.15, 0.2) is 0 Å². The van der Waals surface area contributed by atoms with E-state index in [0.717, 1.165) is 24.0 Å². The molecule has 0 aliphatic rings. The molecule has 0 saturated heterocycles. The first-order chi connectivity index (χ1) is 15.0. The zero-order valence-corrected chi connectivity index (χ0v) is 17.8. The number of anilines is 2. The summed E-state index contributed by atoms with van der Waals surface area (Å²) in [5, 5.41) is 2.85. The van der Waals surface area contributed by atoms with E-state index < -0.39 is 10.0 Å². The van der Waals surface area contributed by atoms with Crippen LogP contribution < -0.4 is 10.0 Å². The number of amides is 1. The molecule has 0 radical (unpaired) electrons. The molecule has 0 aliphatic heterocycles. The number of nitrogens with zero attached hydrogens (tertiary/aromatic N) is 2. The van der Waals surface area contributed by atoms with Crippen LogP contribution in [-0.4, -0.2) is 23.9 Å². The van der Waals surface area contributed by atoms with Gasteiger partial charge in [0, 0.05) is 17.8 Å². The molecular formula is C23H22N4O3S. The van der Waals surface area contributed by atoms with Gasteiger partial charge in [-0.05, 0) is 55.0 Å². The summed E-state index contributed by atoms with van der Waals surface area (Å²) < 4.78 is 29.6. The average Bonchev–Trinajstić information content (AvgIpc) is 3.11. The van der Waals surface area contributed by atoms with Gasteiger partial charge in [0.05, 0.1) is 15.9 Å². The number of hydrogen-bond acceptors (Lipinski definition) is 4. The van der Waals surface area contributed by atoms with Crippen LogP contribution in [-0.2, 0) is 16.6 Å². The predicted octanol–water partition coefficient (Wildman–Crippen LogP) is 4.50. The van der Waals surface area contributed by atoms with Crippen LogP contribution >= 0.6 is 0 Å². The Morgan fingerprint density at radius 2 is 1.61 bits per heavy atom. The van der Waals surface area contributed by atoms with Gasteiger partial charge in [0.2, 0.25) is 5.95 Å². The van der Waals surface area contributed by atoms with Crippen LogP contribution in [0.15, 0.2) is 83.8 Å². The van der Waals surface area contributed by atoms with E-state index in [9.17, 15) is 13.2 Å². The smallest absolute Gasteiger partial charge is 0.261 e. The maximum Gasteiger partial charge on any atom is 0.261 e. The molecule has 158 valence electrons. The van der Waals surface area contributed by atoms with Crippen LogP contribution in [0.2, 0.25) is 0 Å². The number of aromatic nitrogens is 2. The minimum atomic E-state index is -3.74. The van der Waals surface area contributed by atoms with Gasteiger partial charge in [-0.25, -0.2) is 13.4 Å². The molecule has 1 heterocycles. The molecule has 4 rings (SSSR count). The first-order valence-corrected chi connectivity index (χ1v) is 11.4. The highest BCUT2D eigenvalue weighted by molar-refractivity contribution is 7.92. The van der Waals surface area contributed by atoms with Gasteiger partial charge < -0.3 is 4.57 Å². The van der Waals surface area contributed by atoms with Gasteiger partial charge in [-0.3, -0.25) is 14.8 Å². The Bertz CT molecular complexity index is 1310. The van der Waals surface area contributed by atoms with Crippen molar-refractivity contribution in [1.29, 1.82) is 0 Å². The summed E-state index contributed by atoms with van der Waals surface area (Å²) in [6.07, 6.45) is 0.893. The van der Waals surface area contributed by atoms with E-state index in [1.807, 2.05) is 28.8 Å². The lowest BCUT2D eigenvalue weighted by Crippen LogP contribution is -2.17. The third-order valence-corrected chi connectivity index (χ3v) is 6.18. The molecule has 0 bridgehead atoms. The third kappa shape index (κ3) is 4.44. The van der Waals surface area contributed by atoms with Crippen molar-refractivity contribution in [1.82, 2.24) is 9.55 Å². The van der Waals surface area contributed by atoms with Crippen molar-refractivity contribution in [2.45, 2.75) is 24.8 Å². The molecule has 0 aliphatic carbocycles. The van der Waals surface area contributed by atoms with Gasteiger partial charge in [0.1, 0.15) is 0 Å². The molecule has 1 aromatic heterocycles. The van der Waals surface area contributed by atoms with E-state index in [4.69, 9.17) is 0 Å². The number of sulfonamides is 1. The lowest BCUT2D eigenvalue weighted by Gasteiger charge is -2.10. The second-order valence-electron chi connectivity index (χ2n) is 7.03. The van der Waals surface area contributed by atoms with Crippen molar-refractivity contribution in [3.8, 4) is 0 Å². The number of rotatable bonds is 7. The highest BCUT2D eigenvalue weighted by atomic mass is 32.2. The number of carbonyl (C=O) groups excluding carboxylic acids is 1. The van der Waals surface area contributed by atoms with Gasteiger partial charge in [-0.2, -0.15) is 0 Å². The number of imidazole rings is 1. The summed E-state index contributed by atoms with van der Waals surface area (Å²) >= 11 is 0. The number of aryl methyl sites for hydroxylation is 1. The Kier molecular flexibility index (Phi) is 5.73. The summed E-state index contributed by atoms with van der Waals surface area (Å²) in [4.78, 5) is 17.4. The number of hydrogen-bond donors (Lipinski definition) is 2. The molecule has 0 saturated carbocycles. The molecule has 0 atom stereocenters. The maximum absolute atomic E-state index is 12.8. The molecule has 0 spiro atoms. The lowest BCUT2D eigenvalue weighted by atomic mass is 10.2. The van der Waals surface area contributed by atoms with E-state index in [-0.39, 0.29) is 10.8 Å². The molecule has 0 unspecified atom stereocenters. The fourth-order valence-electron chi connectivity index (χ4n) is 3.30. The summed E-state index contributed by atoms with van der Waals surface area (Å²) in [5.74, 6) is 0.114. The first kappa shape index (κ1) is 20.6. The number of benzene rings is 3. The summed E-state index contributed by atoms with van der Waals surface area (Å²) in [5.41, 5.74) is 2.57. The third-order valence-electron chi connectivity index (χ3n) is 4.78. The quantitative estimate of drug-likeness (QED) is 0.448. The van der Waals surface area contributed by atoms with Gasteiger partial charge in [-0.15, -0.1) is 0 Å². The largest absolute Gasteiger partial charge is 0.310 e. The number of fused-ring (bicyclic) bond motifs is 1. The Morgan fingerprint density at radius 3 is 2.32 bits per heavy atom. The minimum Gasteiger partial charge on any atom is -0.310 e. The summed E-state index contributed by atoms with van der Waals surface area (Å²) in [7, 11) is -3.74. The predicted molar refractivity (Wildman–Crippen MR) is 122 cm³/mol. The Balaban J connectivity index is 1.54. The van der Waals surface area contributed by atoms with E-state index in [0.29, 0.717) is 17.2 Å². The Labute approximate surface area is 180 Å². The van der Waals surface area contributed by atoms with Crippen molar-refractivity contribution in [3.63, 3.8) is 0 Å². The second-order valence-corrected chi connectivity index (χ2v) is 8.71. The van der Waals surface area contributed by atoms with Crippen LogP contribution in [0.1, 0.15) is 23.7 Å². The fourth-order valence-corrected chi connectivity index (χ4v) is 4.36. The van der Waals surface area contributed by atoms with Crippen LogP contribution in [0, 0.1) is 0 Å². The number of nitrogens with one attached hydrogen (secondary N) is 2. The summed E-state index contributed by atoms with van der Waals surface area (Å²) in [6.45, 7) is 2.78. The van der Waals surface area contributed by atoms with E-state index in [2.05, 4.69) is 21.9 Å². The maximum atomic E-state index is 12.8. The van der Waals surface area contributed by atoms with Crippen LogP contribution in [0.25, 0.3) is 11.0 Å². The van der Waals surface area contributed by atoms with Gasteiger partial charge in [0.25, 0.3) is 15.9 Å². The first-order valence-electron chi connectivity index (χ1n) is 9.92. The Hall–Kier alpha value is -3.65. The number of carbonyl (C=O) groups is 1. The molecule has 7 nitrogen and oxygen atoms in total. The topological polar surface area (TPSA) is 93.1 Å². The molecule has 3 aromatic carbocycles. The van der Waals surface area contributed by atoms with Crippen molar-refractivity contribution >= 4 is 38.6 Å². The zero-order chi connectivity index (χ0) is 21.8. The molecular weight excluding hydrogens is 412 g/mol. The van der Waals surface area contributed by atoms with Gasteiger partial charge in [-0.1, -0.05) is 37.3 Å². The van der Waals surface area contributed by atoms with Crippen molar-refractivity contribution in [2.24, 2.45) is 0 Å². The highest BCUT2D eigenvalue weighted by Gasteiger charge is 2.17. The monoisotopic (exact) mass is 434 g/mol. The highest BCUT2D eigenvalue weighted by Crippen LogP contribution is 2.21.